The fraction of sp³-hybridized carbons (Fsp3) is 0.409. The first-order valence-corrected chi connectivity index (χ1v) is 9.20. The van der Waals surface area contributed by atoms with E-state index in [2.05, 4.69) is 25.9 Å². The van der Waals surface area contributed by atoms with Gasteiger partial charge in [0.2, 0.25) is 0 Å². The molecule has 140 valence electrons. The third-order valence-corrected chi connectivity index (χ3v) is 4.69. The molecule has 0 fully saturated rings. The number of hydrogen-bond acceptors (Lipinski definition) is 2. The quantitative estimate of drug-likeness (QED) is 0.418. The second-order valence-corrected chi connectivity index (χ2v) is 6.90. The lowest BCUT2D eigenvalue weighted by Crippen LogP contribution is -2.20. The fourth-order valence-corrected chi connectivity index (χ4v) is 3.17. The lowest BCUT2D eigenvalue weighted by molar-refractivity contribution is 0.103. The van der Waals surface area contributed by atoms with Gasteiger partial charge in [0.15, 0.2) is 5.78 Å². The standard InChI is InChI=1S/C22H27F2NO/c1-4-5-6-7-8-21(25(2)3)16-9-11-17(12-10-16)22(26)19-14-13-18(23)15-20(19)24/h9-15,21H,4-8H2,1-3H3. The molecule has 0 aromatic heterocycles. The van der Waals surface area contributed by atoms with Crippen molar-refractivity contribution >= 4 is 5.78 Å². The van der Waals surface area contributed by atoms with Crippen molar-refractivity contribution in [2.45, 2.75) is 45.1 Å². The van der Waals surface area contributed by atoms with Crippen LogP contribution in [0.5, 0.6) is 0 Å². The molecule has 0 spiro atoms. The number of benzene rings is 2. The number of carbonyl (C=O) groups excluding carboxylic acids is 1. The molecule has 0 bridgehead atoms. The van der Waals surface area contributed by atoms with Gasteiger partial charge in [0.25, 0.3) is 0 Å². The summed E-state index contributed by atoms with van der Waals surface area (Å²) in [5.41, 5.74) is 1.44. The number of carbonyl (C=O) groups is 1. The summed E-state index contributed by atoms with van der Waals surface area (Å²) < 4.78 is 26.9. The van der Waals surface area contributed by atoms with E-state index in [0.29, 0.717) is 11.6 Å². The van der Waals surface area contributed by atoms with Crippen LogP contribution in [0.25, 0.3) is 0 Å². The molecular formula is C22H27F2NO. The van der Waals surface area contributed by atoms with Gasteiger partial charge in [-0.15, -0.1) is 0 Å². The van der Waals surface area contributed by atoms with E-state index in [1.165, 1.54) is 25.3 Å². The van der Waals surface area contributed by atoms with Crippen LogP contribution in [-0.2, 0) is 0 Å². The molecule has 0 saturated heterocycles. The first-order chi connectivity index (χ1) is 12.4. The van der Waals surface area contributed by atoms with Crippen molar-refractivity contribution in [3.63, 3.8) is 0 Å². The average Bonchev–Trinajstić information content (AvgIpc) is 2.61. The maximum atomic E-state index is 13.8. The first-order valence-electron chi connectivity index (χ1n) is 9.20. The van der Waals surface area contributed by atoms with Gasteiger partial charge in [-0.1, -0.05) is 56.9 Å². The highest BCUT2D eigenvalue weighted by Crippen LogP contribution is 2.26. The smallest absolute Gasteiger partial charge is 0.195 e. The van der Waals surface area contributed by atoms with Crippen LogP contribution >= 0.6 is 0 Å². The van der Waals surface area contributed by atoms with Gasteiger partial charge in [0.1, 0.15) is 11.6 Å². The van der Waals surface area contributed by atoms with E-state index < -0.39 is 17.4 Å². The van der Waals surface area contributed by atoms with Crippen LogP contribution in [0, 0.1) is 11.6 Å². The molecule has 1 unspecified atom stereocenters. The van der Waals surface area contributed by atoms with Crippen LogP contribution in [0.3, 0.4) is 0 Å². The minimum Gasteiger partial charge on any atom is -0.302 e. The van der Waals surface area contributed by atoms with Crippen molar-refractivity contribution in [3.05, 3.63) is 70.8 Å². The number of halogens is 2. The zero-order valence-electron chi connectivity index (χ0n) is 15.8. The van der Waals surface area contributed by atoms with Crippen LogP contribution in [-0.4, -0.2) is 24.8 Å². The Bertz CT molecular complexity index is 725. The average molecular weight is 359 g/mol. The van der Waals surface area contributed by atoms with Gasteiger partial charge in [-0.3, -0.25) is 4.79 Å². The molecular weight excluding hydrogens is 332 g/mol. The third kappa shape index (κ3) is 5.21. The van der Waals surface area contributed by atoms with Crippen molar-refractivity contribution in [3.8, 4) is 0 Å². The molecule has 4 heteroatoms. The highest BCUT2D eigenvalue weighted by atomic mass is 19.1. The number of rotatable bonds is 9. The van der Waals surface area contributed by atoms with Crippen LogP contribution < -0.4 is 0 Å². The lowest BCUT2D eigenvalue weighted by atomic mass is 9.96. The molecule has 0 aliphatic heterocycles. The Kier molecular flexibility index (Phi) is 7.46. The molecule has 2 aromatic rings. The van der Waals surface area contributed by atoms with Gasteiger partial charge in [0.05, 0.1) is 5.56 Å². The van der Waals surface area contributed by atoms with E-state index in [9.17, 15) is 13.6 Å². The third-order valence-electron chi connectivity index (χ3n) is 4.69. The highest BCUT2D eigenvalue weighted by Gasteiger charge is 2.17. The molecule has 0 radical (unpaired) electrons. The summed E-state index contributed by atoms with van der Waals surface area (Å²) in [5, 5.41) is 0. The second-order valence-electron chi connectivity index (χ2n) is 6.90. The number of hydrogen-bond donors (Lipinski definition) is 0. The van der Waals surface area contributed by atoms with Gasteiger partial charge < -0.3 is 4.90 Å². The van der Waals surface area contributed by atoms with Crippen LogP contribution in [0.2, 0.25) is 0 Å². The summed E-state index contributed by atoms with van der Waals surface area (Å²) in [6.45, 7) is 2.20. The topological polar surface area (TPSA) is 20.3 Å². The Labute approximate surface area is 154 Å². The molecule has 0 aliphatic rings. The number of unbranched alkanes of at least 4 members (excludes halogenated alkanes) is 3. The monoisotopic (exact) mass is 359 g/mol. The van der Waals surface area contributed by atoms with Crippen LogP contribution in [0.4, 0.5) is 8.78 Å². The van der Waals surface area contributed by atoms with E-state index in [0.717, 1.165) is 30.5 Å². The Hall–Kier alpha value is -2.07. The van der Waals surface area contributed by atoms with Crippen molar-refractivity contribution in [1.29, 1.82) is 0 Å². The van der Waals surface area contributed by atoms with Crippen molar-refractivity contribution in [1.82, 2.24) is 4.90 Å². The fourth-order valence-electron chi connectivity index (χ4n) is 3.17. The summed E-state index contributed by atoms with van der Waals surface area (Å²) in [4.78, 5) is 14.6. The Balaban J connectivity index is 2.13. The van der Waals surface area contributed by atoms with E-state index >= 15 is 0 Å². The van der Waals surface area contributed by atoms with E-state index in [1.54, 1.807) is 12.1 Å². The summed E-state index contributed by atoms with van der Waals surface area (Å²) in [5.74, 6) is -1.95. The van der Waals surface area contributed by atoms with Crippen LogP contribution in [0.15, 0.2) is 42.5 Å². The Morgan fingerprint density at radius 1 is 1.00 bits per heavy atom. The minimum absolute atomic E-state index is 0.108. The van der Waals surface area contributed by atoms with Crippen LogP contribution in [0.1, 0.15) is 66.6 Å². The Morgan fingerprint density at radius 2 is 1.69 bits per heavy atom. The van der Waals surface area contributed by atoms with Crippen molar-refractivity contribution in [2.75, 3.05) is 14.1 Å². The number of nitrogens with zero attached hydrogens (tertiary/aromatic N) is 1. The van der Waals surface area contributed by atoms with E-state index in [-0.39, 0.29) is 5.56 Å². The molecule has 2 rings (SSSR count). The molecule has 1 atom stereocenters. The maximum absolute atomic E-state index is 13.8. The zero-order valence-corrected chi connectivity index (χ0v) is 15.8. The van der Waals surface area contributed by atoms with E-state index in [1.807, 2.05) is 12.1 Å². The predicted molar refractivity (Wildman–Crippen MR) is 101 cm³/mol. The highest BCUT2D eigenvalue weighted by molar-refractivity contribution is 6.09. The summed E-state index contributed by atoms with van der Waals surface area (Å²) in [6.07, 6.45) is 5.91. The molecule has 2 nitrogen and oxygen atoms in total. The van der Waals surface area contributed by atoms with Gasteiger partial charge in [-0.25, -0.2) is 8.78 Å². The molecule has 0 aliphatic carbocycles. The predicted octanol–water partition coefficient (Wildman–Crippen LogP) is 5.77. The van der Waals surface area contributed by atoms with Gasteiger partial charge in [-0.2, -0.15) is 0 Å². The van der Waals surface area contributed by atoms with Crippen molar-refractivity contribution < 1.29 is 13.6 Å². The largest absolute Gasteiger partial charge is 0.302 e. The summed E-state index contributed by atoms with van der Waals surface area (Å²) in [6, 6.07) is 10.6. The summed E-state index contributed by atoms with van der Waals surface area (Å²) >= 11 is 0. The van der Waals surface area contributed by atoms with Gasteiger partial charge in [0, 0.05) is 17.7 Å². The maximum Gasteiger partial charge on any atom is 0.195 e. The van der Waals surface area contributed by atoms with Crippen molar-refractivity contribution in [2.24, 2.45) is 0 Å². The molecule has 0 saturated carbocycles. The normalized spacial score (nSPS) is 12.4. The molecule has 0 amide bonds. The molecule has 0 N–H and O–H groups in total. The Morgan fingerprint density at radius 3 is 2.27 bits per heavy atom. The van der Waals surface area contributed by atoms with E-state index in [4.69, 9.17) is 0 Å². The molecule has 0 heterocycles. The second kappa shape index (κ2) is 9.58. The SMILES string of the molecule is CCCCCCC(c1ccc(C(=O)c2ccc(F)cc2F)cc1)N(C)C. The van der Waals surface area contributed by atoms with Gasteiger partial charge in [-0.05, 0) is 38.2 Å². The molecule has 26 heavy (non-hydrogen) atoms. The number of ketones is 1. The molecule has 2 aromatic carbocycles. The minimum atomic E-state index is -0.832. The first kappa shape index (κ1) is 20.2. The lowest BCUT2D eigenvalue weighted by Gasteiger charge is -2.25. The summed E-state index contributed by atoms with van der Waals surface area (Å²) in [7, 11) is 4.11. The van der Waals surface area contributed by atoms with Gasteiger partial charge >= 0.3 is 0 Å². The zero-order chi connectivity index (χ0) is 19.1.